The maximum absolute atomic E-state index is 5.39. The summed E-state index contributed by atoms with van der Waals surface area (Å²) in [6.45, 7) is 4.93. The van der Waals surface area contributed by atoms with Gasteiger partial charge in [0.1, 0.15) is 5.76 Å². The Balaban J connectivity index is 1.76. The number of fused-ring (bicyclic) bond motifs is 1. The van der Waals surface area contributed by atoms with Crippen LogP contribution in [-0.4, -0.2) is 9.38 Å². The van der Waals surface area contributed by atoms with Gasteiger partial charge in [-0.25, -0.2) is 4.98 Å². The largest absolute Gasteiger partial charge is 0.468 e. The Kier molecular flexibility index (Phi) is 2.93. The van der Waals surface area contributed by atoms with Crippen molar-refractivity contribution in [3.8, 4) is 0 Å². The molecular formula is C13H15N3OS. The lowest BCUT2D eigenvalue weighted by atomic mass is 10.2. The van der Waals surface area contributed by atoms with Crippen molar-refractivity contribution >= 4 is 16.3 Å². The highest BCUT2D eigenvalue weighted by Gasteiger charge is 2.12. The SMILES string of the molecule is Cc1nc2sccn2c1CNC(C)c1ccco1. The second kappa shape index (κ2) is 4.59. The van der Waals surface area contributed by atoms with Crippen LogP contribution in [0.1, 0.15) is 30.1 Å². The van der Waals surface area contributed by atoms with E-state index >= 15 is 0 Å². The predicted molar refractivity (Wildman–Crippen MR) is 71.8 cm³/mol. The molecule has 3 rings (SSSR count). The molecule has 0 spiro atoms. The second-order valence-corrected chi connectivity index (χ2v) is 5.19. The molecule has 3 aromatic heterocycles. The van der Waals surface area contributed by atoms with Gasteiger partial charge < -0.3 is 9.73 Å². The van der Waals surface area contributed by atoms with E-state index < -0.39 is 0 Å². The third-order valence-electron chi connectivity index (χ3n) is 3.11. The van der Waals surface area contributed by atoms with Crippen molar-refractivity contribution < 1.29 is 4.42 Å². The summed E-state index contributed by atoms with van der Waals surface area (Å²) >= 11 is 1.66. The molecule has 0 aromatic carbocycles. The van der Waals surface area contributed by atoms with E-state index in [0.29, 0.717) is 0 Å². The number of hydrogen-bond donors (Lipinski definition) is 1. The first-order chi connectivity index (χ1) is 8.75. The summed E-state index contributed by atoms with van der Waals surface area (Å²) in [6, 6.07) is 4.10. The van der Waals surface area contributed by atoms with Crippen LogP contribution in [0, 0.1) is 6.92 Å². The summed E-state index contributed by atoms with van der Waals surface area (Å²) in [5, 5.41) is 5.52. The zero-order valence-electron chi connectivity index (χ0n) is 10.4. The van der Waals surface area contributed by atoms with Crippen molar-refractivity contribution in [3.05, 3.63) is 47.1 Å². The van der Waals surface area contributed by atoms with Crippen LogP contribution in [0.4, 0.5) is 0 Å². The molecule has 4 nitrogen and oxygen atoms in total. The summed E-state index contributed by atoms with van der Waals surface area (Å²) < 4.78 is 7.53. The van der Waals surface area contributed by atoms with E-state index in [9.17, 15) is 0 Å². The number of aryl methyl sites for hydroxylation is 1. The van der Waals surface area contributed by atoms with Crippen molar-refractivity contribution in [3.63, 3.8) is 0 Å². The van der Waals surface area contributed by atoms with Gasteiger partial charge in [-0.1, -0.05) is 0 Å². The second-order valence-electron chi connectivity index (χ2n) is 4.32. The number of hydrogen-bond acceptors (Lipinski definition) is 4. The Bertz CT molecular complexity index is 638. The molecule has 0 radical (unpaired) electrons. The molecule has 0 bridgehead atoms. The van der Waals surface area contributed by atoms with Gasteiger partial charge in [0, 0.05) is 18.1 Å². The average molecular weight is 261 g/mol. The van der Waals surface area contributed by atoms with Crippen LogP contribution < -0.4 is 5.32 Å². The molecule has 0 fully saturated rings. The number of nitrogens with zero attached hydrogens (tertiary/aromatic N) is 2. The fourth-order valence-electron chi connectivity index (χ4n) is 2.04. The minimum Gasteiger partial charge on any atom is -0.468 e. The predicted octanol–water partition coefficient (Wildman–Crippen LogP) is 3.15. The number of rotatable bonds is 4. The zero-order valence-corrected chi connectivity index (χ0v) is 11.2. The first-order valence-corrected chi connectivity index (χ1v) is 6.81. The number of nitrogens with one attached hydrogen (secondary N) is 1. The highest BCUT2D eigenvalue weighted by molar-refractivity contribution is 7.15. The van der Waals surface area contributed by atoms with E-state index in [2.05, 4.69) is 33.2 Å². The fraction of sp³-hybridized carbons (Fsp3) is 0.308. The van der Waals surface area contributed by atoms with E-state index in [4.69, 9.17) is 4.42 Å². The van der Waals surface area contributed by atoms with Crippen LogP contribution in [0.3, 0.4) is 0 Å². The summed E-state index contributed by atoms with van der Waals surface area (Å²) in [4.78, 5) is 5.58. The molecule has 0 saturated heterocycles. The zero-order chi connectivity index (χ0) is 12.5. The standard InChI is InChI=1S/C13H15N3OS/c1-9-11(16-5-7-18-13(16)15-9)8-14-10(2)12-4-3-6-17-12/h3-7,10,14H,8H2,1-2H3. The number of furan rings is 1. The molecule has 94 valence electrons. The third kappa shape index (κ3) is 1.95. The topological polar surface area (TPSA) is 42.5 Å². The summed E-state index contributed by atoms with van der Waals surface area (Å²) in [5.74, 6) is 0.957. The van der Waals surface area contributed by atoms with Gasteiger partial charge in [0.05, 0.1) is 23.7 Å². The Morgan fingerprint density at radius 1 is 1.56 bits per heavy atom. The molecule has 3 heterocycles. The van der Waals surface area contributed by atoms with Gasteiger partial charge in [0.2, 0.25) is 0 Å². The van der Waals surface area contributed by atoms with Gasteiger partial charge in [-0.2, -0.15) is 0 Å². The van der Waals surface area contributed by atoms with Gasteiger partial charge in [0.15, 0.2) is 4.96 Å². The van der Waals surface area contributed by atoms with E-state index in [0.717, 1.165) is 23.0 Å². The molecule has 18 heavy (non-hydrogen) atoms. The van der Waals surface area contributed by atoms with E-state index in [1.807, 2.05) is 19.1 Å². The highest BCUT2D eigenvalue weighted by Crippen LogP contribution is 2.18. The van der Waals surface area contributed by atoms with Gasteiger partial charge in [0.25, 0.3) is 0 Å². The molecule has 0 aliphatic heterocycles. The maximum Gasteiger partial charge on any atom is 0.194 e. The number of imidazole rings is 1. The fourth-order valence-corrected chi connectivity index (χ4v) is 2.82. The van der Waals surface area contributed by atoms with Gasteiger partial charge >= 0.3 is 0 Å². The molecule has 5 heteroatoms. The molecular weight excluding hydrogens is 246 g/mol. The van der Waals surface area contributed by atoms with Crippen molar-refractivity contribution in [2.75, 3.05) is 0 Å². The maximum atomic E-state index is 5.39. The normalized spacial score (nSPS) is 13.2. The molecule has 0 aliphatic rings. The highest BCUT2D eigenvalue weighted by atomic mass is 32.1. The Hall–Kier alpha value is -1.59. The smallest absolute Gasteiger partial charge is 0.194 e. The first-order valence-electron chi connectivity index (χ1n) is 5.93. The quantitative estimate of drug-likeness (QED) is 0.784. The van der Waals surface area contributed by atoms with Gasteiger partial charge in [-0.3, -0.25) is 4.40 Å². The summed E-state index contributed by atoms with van der Waals surface area (Å²) in [5.41, 5.74) is 2.30. The van der Waals surface area contributed by atoms with E-state index in [-0.39, 0.29) is 6.04 Å². The molecule has 0 saturated carbocycles. The van der Waals surface area contributed by atoms with Crippen molar-refractivity contribution in [1.29, 1.82) is 0 Å². The number of aromatic nitrogens is 2. The van der Waals surface area contributed by atoms with Crippen molar-refractivity contribution in [1.82, 2.24) is 14.7 Å². The first kappa shape index (κ1) is 11.5. The Labute approximate surface area is 109 Å². The van der Waals surface area contributed by atoms with E-state index in [1.54, 1.807) is 17.6 Å². The van der Waals surface area contributed by atoms with Crippen molar-refractivity contribution in [2.24, 2.45) is 0 Å². The third-order valence-corrected chi connectivity index (χ3v) is 3.86. The van der Waals surface area contributed by atoms with Crippen LogP contribution in [-0.2, 0) is 6.54 Å². The molecule has 1 N–H and O–H groups in total. The summed E-state index contributed by atoms with van der Waals surface area (Å²) in [6.07, 6.45) is 3.77. The molecule has 3 aromatic rings. The van der Waals surface area contributed by atoms with Crippen LogP contribution in [0.25, 0.3) is 4.96 Å². The van der Waals surface area contributed by atoms with Crippen LogP contribution >= 0.6 is 11.3 Å². The summed E-state index contributed by atoms with van der Waals surface area (Å²) in [7, 11) is 0. The minimum atomic E-state index is 0.198. The monoisotopic (exact) mass is 261 g/mol. The van der Waals surface area contributed by atoms with Crippen molar-refractivity contribution in [2.45, 2.75) is 26.4 Å². The molecule has 0 aliphatic carbocycles. The van der Waals surface area contributed by atoms with Crippen LogP contribution in [0.2, 0.25) is 0 Å². The lowest BCUT2D eigenvalue weighted by Gasteiger charge is -2.11. The van der Waals surface area contributed by atoms with Crippen LogP contribution in [0.5, 0.6) is 0 Å². The van der Waals surface area contributed by atoms with Gasteiger partial charge in [-0.15, -0.1) is 11.3 Å². The molecule has 1 unspecified atom stereocenters. The average Bonchev–Trinajstić information content (AvgIpc) is 3.02. The minimum absolute atomic E-state index is 0.198. The number of thiazole rings is 1. The Morgan fingerprint density at radius 2 is 2.44 bits per heavy atom. The van der Waals surface area contributed by atoms with E-state index in [1.165, 1.54) is 5.69 Å². The lowest BCUT2D eigenvalue weighted by molar-refractivity contribution is 0.428. The Morgan fingerprint density at radius 3 is 3.22 bits per heavy atom. The lowest BCUT2D eigenvalue weighted by Crippen LogP contribution is -2.19. The molecule has 0 amide bonds. The molecule has 1 atom stereocenters. The van der Waals surface area contributed by atoms with Gasteiger partial charge in [-0.05, 0) is 26.0 Å². The van der Waals surface area contributed by atoms with Crippen LogP contribution in [0.15, 0.2) is 34.4 Å².